The predicted molar refractivity (Wildman–Crippen MR) is 116 cm³/mol. The van der Waals surface area contributed by atoms with Crippen LogP contribution in [0.15, 0.2) is 53.7 Å². The van der Waals surface area contributed by atoms with Crippen LogP contribution < -0.4 is 14.4 Å². The maximum Gasteiger partial charge on any atom is 0.232 e. The van der Waals surface area contributed by atoms with E-state index in [9.17, 15) is 14.0 Å². The lowest BCUT2D eigenvalue weighted by molar-refractivity contribution is -0.121. The number of ketones is 1. The number of hydrogen-bond acceptors (Lipinski definition) is 4. The molecule has 1 heterocycles. The fourth-order valence-electron chi connectivity index (χ4n) is 4.78. The second-order valence-electron chi connectivity index (χ2n) is 8.82. The van der Waals surface area contributed by atoms with E-state index in [1.54, 1.807) is 38.5 Å². The van der Waals surface area contributed by atoms with Crippen molar-refractivity contribution in [1.82, 2.24) is 0 Å². The van der Waals surface area contributed by atoms with Crippen LogP contribution in [0.1, 0.15) is 44.6 Å². The lowest BCUT2D eigenvalue weighted by atomic mass is 9.69. The first-order valence-electron chi connectivity index (χ1n) is 10.3. The highest BCUT2D eigenvalue weighted by atomic mass is 19.1. The van der Waals surface area contributed by atoms with Crippen molar-refractivity contribution in [3.05, 3.63) is 65.1 Å². The number of benzene rings is 2. The van der Waals surface area contributed by atoms with Crippen molar-refractivity contribution in [3.63, 3.8) is 0 Å². The minimum absolute atomic E-state index is 0.0186. The molecule has 0 bridgehead atoms. The van der Waals surface area contributed by atoms with Crippen LogP contribution in [0.2, 0.25) is 0 Å². The van der Waals surface area contributed by atoms with Crippen molar-refractivity contribution < 1.29 is 23.5 Å². The number of carbonyl (C=O) groups is 2. The first-order chi connectivity index (χ1) is 14.8. The molecule has 2 aromatic rings. The van der Waals surface area contributed by atoms with Gasteiger partial charge in [-0.1, -0.05) is 38.1 Å². The molecule has 0 radical (unpaired) electrons. The molecular formula is C25H26FNO4. The second-order valence-corrected chi connectivity index (χ2v) is 8.82. The molecule has 0 unspecified atom stereocenters. The number of nitrogens with zero attached hydrogens (tertiary/aromatic N) is 1. The third-order valence-corrected chi connectivity index (χ3v) is 6.05. The Morgan fingerprint density at radius 3 is 2.42 bits per heavy atom. The van der Waals surface area contributed by atoms with Crippen molar-refractivity contribution in [2.75, 3.05) is 19.1 Å². The van der Waals surface area contributed by atoms with Crippen LogP contribution in [0.25, 0.3) is 0 Å². The van der Waals surface area contributed by atoms with Gasteiger partial charge in [0.25, 0.3) is 0 Å². The number of hydrogen-bond donors (Lipinski definition) is 0. The predicted octanol–water partition coefficient (Wildman–Crippen LogP) is 5.01. The molecule has 1 atom stereocenters. The number of anilines is 1. The molecule has 2 aromatic carbocycles. The molecule has 0 saturated heterocycles. The number of ether oxygens (including phenoxy) is 2. The lowest BCUT2D eigenvalue weighted by Crippen LogP contribution is -2.44. The van der Waals surface area contributed by atoms with E-state index in [4.69, 9.17) is 9.47 Å². The van der Waals surface area contributed by atoms with Gasteiger partial charge in [0.15, 0.2) is 17.3 Å². The molecular weight excluding hydrogens is 397 g/mol. The number of Topliss-reactive ketones (excluding diaryl/α,β-unsaturated/α-hetero) is 1. The molecule has 0 fully saturated rings. The van der Waals surface area contributed by atoms with E-state index >= 15 is 0 Å². The molecule has 31 heavy (non-hydrogen) atoms. The summed E-state index contributed by atoms with van der Waals surface area (Å²) in [5, 5.41) is 0. The van der Waals surface area contributed by atoms with Crippen LogP contribution >= 0.6 is 0 Å². The maximum absolute atomic E-state index is 14.7. The molecule has 1 amide bonds. The van der Waals surface area contributed by atoms with Gasteiger partial charge in [-0.2, -0.15) is 0 Å². The molecule has 0 N–H and O–H groups in total. The van der Waals surface area contributed by atoms with E-state index in [-0.39, 0.29) is 29.2 Å². The molecule has 4 rings (SSSR count). The molecule has 6 heteroatoms. The Hall–Kier alpha value is -3.15. The summed E-state index contributed by atoms with van der Waals surface area (Å²) < 4.78 is 25.7. The van der Waals surface area contributed by atoms with E-state index < -0.39 is 11.7 Å². The smallest absolute Gasteiger partial charge is 0.232 e. The standard InChI is InChI=1S/C25H26FNO4/c1-25(2)13-19-23(20(28)14-25)16(15-8-7-11-21(30-3)24(15)31-4)12-22(29)27(19)18-10-6-5-9-17(18)26/h5-11,16H,12-14H2,1-4H3/t16-/m0/s1. The maximum atomic E-state index is 14.7. The van der Waals surface area contributed by atoms with Crippen molar-refractivity contribution in [2.24, 2.45) is 5.41 Å². The molecule has 0 saturated carbocycles. The van der Waals surface area contributed by atoms with Crippen LogP contribution in [0.3, 0.4) is 0 Å². The Balaban J connectivity index is 1.95. The Morgan fingerprint density at radius 2 is 1.74 bits per heavy atom. The largest absolute Gasteiger partial charge is 0.493 e. The van der Waals surface area contributed by atoms with Crippen molar-refractivity contribution in [2.45, 2.75) is 39.0 Å². The van der Waals surface area contributed by atoms with Gasteiger partial charge in [-0.05, 0) is 30.0 Å². The zero-order valence-corrected chi connectivity index (χ0v) is 18.2. The Bertz CT molecular complexity index is 1090. The number of halogens is 1. The normalized spacial score (nSPS) is 20.5. The van der Waals surface area contributed by atoms with E-state index in [0.717, 1.165) is 5.56 Å². The number of methoxy groups -OCH3 is 2. The summed E-state index contributed by atoms with van der Waals surface area (Å²) in [6.07, 6.45) is 0.910. The summed E-state index contributed by atoms with van der Waals surface area (Å²) in [5.41, 5.74) is 1.72. The van der Waals surface area contributed by atoms with Crippen molar-refractivity contribution in [3.8, 4) is 11.5 Å². The Morgan fingerprint density at radius 1 is 1.00 bits per heavy atom. The van der Waals surface area contributed by atoms with Gasteiger partial charge in [-0.25, -0.2) is 4.39 Å². The van der Waals surface area contributed by atoms with Crippen LogP contribution in [-0.4, -0.2) is 25.9 Å². The zero-order chi connectivity index (χ0) is 22.3. The Labute approximate surface area is 181 Å². The summed E-state index contributed by atoms with van der Waals surface area (Å²) >= 11 is 0. The SMILES string of the molecule is COc1cccc([C@@H]2CC(=O)N(c3ccccc3F)C3=C2C(=O)CC(C)(C)C3)c1OC. The highest BCUT2D eigenvalue weighted by molar-refractivity contribution is 6.08. The molecule has 5 nitrogen and oxygen atoms in total. The third-order valence-electron chi connectivity index (χ3n) is 6.05. The quantitative estimate of drug-likeness (QED) is 0.694. The van der Waals surface area contributed by atoms with E-state index in [0.29, 0.717) is 35.6 Å². The fraction of sp³-hybridized carbons (Fsp3) is 0.360. The van der Waals surface area contributed by atoms with E-state index in [2.05, 4.69) is 0 Å². The van der Waals surface area contributed by atoms with Gasteiger partial charge in [-0.15, -0.1) is 0 Å². The summed E-state index contributed by atoms with van der Waals surface area (Å²) in [6.45, 7) is 3.99. The van der Waals surface area contributed by atoms with Gasteiger partial charge in [0.05, 0.1) is 19.9 Å². The first-order valence-corrected chi connectivity index (χ1v) is 10.3. The highest BCUT2D eigenvalue weighted by Crippen LogP contribution is 2.50. The van der Waals surface area contributed by atoms with E-state index in [1.165, 1.54) is 11.0 Å². The van der Waals surface area contributed by atoms with Crippen LogP contribution in [0.4, 0.5) is 10.1 Å². The topological polar surface area (TPSA) is 55.8 Å². The molecule has 2 aliphatic rings. The Kier molecular flexibility index (Phi) is 5.33. The van der Waals surface area contributed by atoms with Crippen molar-refractivity contribution in [1.29, 1.82) is 0 Å². The highest BCUT2D eigenvalue weighted by Gasteiger charge is 2.45. The number of carbonyl (C=O) groups excluding carboxylic acids is 2. The van der Waals surface area contributed by atoms with Crippen LogP contribution in [0.5, 0.6) is 11.5 Å². The second kappa shape index (κ2) is 7.84. The zero-order valence-electron chi connectivity index (χ0n) is 18.2. The summed E-state index contributed by atoms with van der Waals surface area (Å²) in [4.78, 5) is 28.2. The number of allylic oxidation sites excluding steroid dienone is 2. The average molecular weight is 423 g/mol. The monoisotopic (exact) mass is 423 g/mol. The third kappa shape index (κ3) is 3.60. The summed E-state index contributed by atoms with van der Waals surface area (Å²) in [6, 6.07) is 11.6. The van der Waals surface area contributed by atoms with Gasteiger partial charge >= 0.3 is 0 Å². The molecule has 162 valence electrons. The minimum Gasteiger partial charge on any atom is -0.493 e. The van der Waals surface area contributed by atoms with Gasteiger partial charge < -0.3 is 9.47 Å². The summed E-state index contributed by atoms with van der Waals surface area (Å²) in [5.74, 6) is -0.185. The van der Waals surface area contributed by atoms with Crippen LogP contribution in [-0.2, 0) is 9.59 Å². The van der Waals surface area contributed by atoms with E-state index in [1.807, 2.05) is 26.0 Å². The number of amides is 1. The van der Waals surface area contributed by atoms with Gasteiger partial charge in [0.1, 0.15) is 5.82 Å². The lowest BCUT2D eigenvalue weighted by Gasteiger charge is -2.43. The molecule has 0 spiro atoms. The fourth-order valence-corrected chi connectivity index (χ4v) is 4.78. The number of rotatable bonds is 4. The molecule has 1 aliphatic heterocycles. The van der Waals surface area contributed by atoms with Crippen LogP contribution in [0, 0.1) is 11.2 Å². The number of para-hydroxylation sites is 2. The summed E-state index contributed by atoms with van der Waals surface area (Å²) in [7, 11) is 3.09. The van der Waals surface area contributed by atoms with Gasteiger partial charge in [0, 0.05) is 35.6 Å². The average Bonchev–Trinajstić information content (AvgIpc) is 2.72. The van der Waals surface area contributed by atoms with Crippen molar-refractivity contribution >= 4 is 17.4 Å². The minimum atomic E-state index is -0.490. The molecule has 1 aliphatic carbocycles. The molecule has 0 aromatic heterocycles. The van der Waals surface area contributed by atoms with Gasteiger partial charge in [-0.3, -0.25) is 14.5 Å². The van der Waals surface area contributed by atoms with Gasteiger partial charge in [0.2, 0.25) is 5.91 Å². The first kappa shape index (κ1) is 21.1.